The molecule has 1 N–H and O–H groups in total. The van der Waals surface area contributed by atoms with Crippen LogP contribution in [-0.4, -0.2) is 31.8 Å². The van der Waals surface area contributed by atoms with E-state index < -0.39 is 4.92 Å². The van der Waals surface area contributed by atoms with E-state index in [1.54, 1.807) is 19.2 Å². The molecule has 0 fully saturated rings. The predicted octanol–water partition coefficient (Wildman–Crippen LogP) is 2.12. The number of benzene rings is 1. The molecule has 0 amide bonds. The van der Waals surface area contributed by atoms with E-state index in [9.17, 15) is 10.1 Å². The minimum Gasteiger partial charge on any atom is -0.496 e. The Hall–Kier alpha value is -1.66. The van der Waals surface area contributed by atoms with Crippen LogP contribution in [0.25, 0.3) is 0 Å². The van der Waals surface area contributed by atoms with Gasteiger partial charge >= 0.3 is 0 Å². The number of non-ortho nitro benzene ring substituents is 1. The third-order valence-corrected chi connectivity index (χ3v) is 2.85. The Kier molecular flexibility index (Phi) is 6.24. The monoisotopic (exact) mass is 268 g/mol. The molecule has 1 rings (SSSR count). The van der Waals surface area contributed by atoms with Crippen LogP contribution in [0.15, 0.2) is 18.2 Å². The average molecular weight is 268 g/mol. The number of nitrogens with zero attached hydrogens (tertiary/aromatic N) is 1. The van der Waals surface area contributed by atoms with Crippen LogP contribution < -0.4 is 10.1 Å². The molecule has 0 aliphatic rings. The number of nitro groups is 1. The summed E-state index contributed by atoms with van der Waals surface area (Å²) in [5.74, 6) is 0.491. The third-order valence-electron chi connectivity index (χ3n) is 2.85. The summed E-state index contributed by atoms with van der Waals surface area (Å²) < 4.78 is 10.2. The second kappa shape index (κ2) is 7.70. The number of nitrogens with one attached hydrogen (secondary N) is 1. The second-order valence-corrected chi connectivity index (χ2v) is 4.24. The lowest BCUT2D eigenvalue weighted by atomic mass is 10.1. The summed E-state index contributed by atoms with van der Waals surface area (Å²) in [6.45, 7) is 3.22. The van der Waals surface area contributed by atoms with Crippen LogP contribution in [0.1, 0.15) is 18.9 Å². The van der Waals surface area contributed by atoms with Gasteiger partial charge in [0.1, 0.15) is 5.75 Å². The number of ether oxygens (including phenoxy) is 2. The van der Waals surface area contributed by atoms with E-state index in [1.807, 2.05) is 0 Å². The van der Waals surface area contributed by atoms with Gasteiger partial charge in [-0.15, -0.1) is 0 Å². The summed E-state index contributed by atoms with van der Waals surface area (Å²) in [5.41, 5.74) is 0.858. The molecule has 6 heteroatoms. The summed E-state index contributed by atoms with van der Waals surface area (Å²) in [4.78, 5) is 10.4. The molecule has 0 radical (unpaired) electrons. The predicted molar refractivity (Wildman–Crippen MR) is 72.4 cm³/mol. The first-order valence-electron chi connectivity index (χ1n) is 6.15. The number of rotatable bonds is 8. The fourth-order valence-corrected chi connectivity index (χ4v) is 1.75. The number of hydrogen-bond donors (Lipinski definition) is 1. The molecule has 106 valence electrons. The summed E-state index contributed by atoms with van der Waals surface area (Å²) >= 11 is 0. The van der Waals surface area contributed by atoms with E-state index in [4.69, 9.17) is 9.47 Å². The lowest BCUT2D eigenvalue weighted by Crippen LogP contribution is -2.32. The zero-order valence-corrected chi connectivity index (χ0v) is 11.5. The van der Waals surface area contributed by atoms with Crippen LogP contribution in [0, 0.1) is 10.1 Å². The van der Waals surface area contributed by atoms with Crippen LogP contribution >= 0.6 is 0 Å². The van der Waals surface area contributed by atoms with Gasteiger partial charge in [-0.2, -0.15) is 0 Å². The van der Waals surface area contributed by atoms with Crippen molar-refractivity contribution in [1.82, 2.24) is 5.32 Å². The van der Waals surface area contributed by atoms with Crippen molar-refractivity contribution < 1.29 is 14.4 Å². The molecule has 0 heterocycles. The third kappa shape index (κ3) is 4.84. The topological polar surface area (TPSA) is 73.6 Å². The molecular weight excluding hydrogens is 248 g/mol. The van der Waals surface area contributed by atoms with Gasteiger partial charge < -0.3 is 14.8 Å². The quantitative estimate of drug-likeness (QED) is 0.577. The molecular formula is C13H20N2O4. The fourth-order valence-electron chi connectivity index (χ4n) is 1.75. The maximum absolute atomic E-state index is 10.8. The van der Waals surface area contributed by atoms with Gasteiger partial charge in [-0.05, 0) is 18.1 Å². The fraction of sp³-hybridized carbons (Fsp3) is 0.538. The summed E-state index contributed by atoms with van der Waals surface area (Å²) in [6, 6.07) is 4.99. The van der Waals surface area contributed by atoms with Crippen LogP contribution in [0.4, 0.5) is 5.69 Å². The molecule has 0 saturated carbocycles. The van der Waals surface area contributed by atoms with Gasteiger partial charge in [-0.25, -0.2) is 0 Å². The summed E-state index contributed by atoms with van der Waals surface area (Å²) in [7, 11) is 3.15. The van der Waals surface area contributed by atoms with E-state index in [-0.39, 0.29) is 11.7 Å². The van der Waals surface area contributed by atoms with Crippen LogP contribution in [0.5, 0.6) is 5.75 Å². The highest BCUT2D eigenvalue weighted by Crippen LogP contribution is 2.22. The van der Waals surface area contributed by atoms with Gasteiger partial charge in [-0.1, -0.05) is 6.92 Å². The summed E-state index contributed by atoms with van der Waals surface area (Å²) in [6.07, 6.45) is 0.930. The van der Waals surface area contributed by atoms with E-state index in [1.165, 1.54) is 13.2 Å². The van der Waals surface area contributed by atoms with Crippen molar-refractivity contribution in [3.63, 3.8) is 0 Å². The van der Waals surface area contributed by atoms with Crippen molar-refractivity contribution in [3.05, 3.63) is 33.9 Å². The Balaban J connectivity index is 2.76. The average Bonchev–Trinajstić information content (AvgIpc) is 2.42. The van der Waals surface area contributed by atoms with E-state index >= 15 is 0 Å². The normalized spacial score (nSPS) is 12.2. The Morgan fingerprint density at radius 1 is 1.37 bits per heavy atom. The number of hydrogen-bond acceptors (Lipinski definition) is 5. The van der Waals surface area contributed by atoms with Gasteiger partial charge in [0.05, 0.1) is 24.7 Å². The SMILES string of the molecule is CCC(COC)NCc1cc(OC)cc([N+](=O)[O-])c1. The van der Waals surface area contributed by atoms with Crippen molar-refractivity contribution in [2.45, 2.75) is 25.9 Å². The van der Waals surface area contributed by atoms with Crippen molar-refractivity contribution in [2.75, 3.05) is 20.8 Å². The lowest BCUT2D eigenvalue weighted by Gasteiger charge is -2.16. The zero-order chi connectivity index (χ0) is 14.3. The van der Waals surface area contributed by atoms with E-state index in [2.05, 4.69) is 12.2 Å². The standard InChI is InChI=1S/C13H20N2O4/c1-4-11(9-18-2)14-8-10-5-12(15(16)17)7-13(6-10)19-3/h5-7,11,14H,4,8-9H2,1-3H3. The van der Waals surface area contributed by atoms with E-state index in [0.717, 1.165) is 12.0 Å². The van der Waals surface area contributed by atoms with Crippen LogP contribution in [0.3, 0.4) is 0 Å². The molecule has 1 atom stereocenters. The van der Waals surface area contributed by atoms with E-state index in [0.29, 0.717) is 18.9 Å². The van der Waals surface area contributed by atoms with Gasteiger partial charge in [0, 0.05) is 25.8 Å². The highest BCUT2D eigenvalue weighted by molar-refractivity contribution is 5.42. The lowest BCUT2D eigenvalue weighted by molar-refractivity contribution is -0.385. The van der Waals surface area contributed by atoms with Crippen molar-refractivity contribution >= 4 is 5.69 Å². The first-order valence-corrected chi connectivity index (χ1v) is 6.15. The Morgan fingerprint density at radius 3 is 2.63 bits per heavy atom. The first kappa shape index (κ1) is 15.4. The summed E-state index contributed by atoms with van der Waals surface area (Å²) in [5, 5.41) is 14.1. The molecule has 0 spiro atoms. The maximum atomic E-state index is 10.8. The van der Waals surface area contributed by atoms with Crippen LogP contribution in [0.2, 0.25) is 0 Å². The number of nitro benzene ring substituents is 1. The Labute approximate surface area is 112 Å². The molecule has 19 heavy (non-hydrogen) atoms. The Morgan fingerprint density at radius 2 is 2.11 bits per heavy atom. The van der Waals surface area contributed by atoms with Gasteiger partial charge in [-0.3, -0.25) is 10.1 Å². The van der Waals surface area contributed by atoms with Gasteiger partial charge in [0.25, 0.3) is 5.69 Å². The molecule has 0 aliphatic carbocycles. The molecule has 0 aliphatic heterocycles. The van der Waals surface area contributed by atoms with Crippen molar-refractivity contribution in [3.8, 4) is 5.75 Å². The second-order valence-electron chi connectivity index (χ2n) is 4.24. The number of methoxy groups -OCH3 is 2. The van der Waals surface area contributed by atoms with Crippen LogP contribution in [-0.2, 0) is 11.3 Å². The smallest absolute Gasteiger partial charge is 0.273 e. The molecule has 1 unspecified atom stereocenters. The molecule has 0 aromatic heterocycles. The molecule has 0 bridgehead atoms. The molecule has 0 saturated heterocycles. The zero-order valence-electron chi connectivity index (χ0n) is 11.5. The Bertz CT molecular complexity index is 423. The molecule has 6 nitrogen and oxygen atoms in total. The molecule has 1 aromatic rings. The van der Waals surface area contributed by atoms with Gasteiger partial charge in [0.15, 0.2) is 0 Å². The van der Waals surface area contributed by atoms with Gasteiger partial charge in [0.2, 0.25) is 0 Å². The minimum absolute atomic E-state index is 0.0379. The minimum atomic E-state index is -0.418. The largest absolute Gasteiger partial charge is 0.496 e. The molecule has 1 aromatic carbocycles. The highest BCUT2D eigenvalue weighted by Gasteiger charge is 2.11. The highest BCUT2D eigenvalue weighted by atomic mass is 16.6. The first-order chi connectivity index (χ1) is 9.10. The van der Waals surface area contributed by atoms with Crippen molar-refractivity contribution in [1.29, 1.82) is 0 Å². The van der Waals surface area contributed by atoms with Crippen molar-refractivity contribution in [2.24, 2.45) is 0 Å². The maximum Gasteiger partial charge on any atom is 0.273 e.